The summed E-state index contributed by atoms with van der Waals surface area (Å²) in [5, 5.41) is 5.89. The minimum Gasteiger partial charge on any atom is -0.353 e. The molecule has 2 N–H and O–H groups in total. The number of rotatable bonds is 7. The van der Waals surface area contributed by atoms with Crippen molar-refractivity contribution in [3.05, 3.63) is 29.6 Å². The molecule has 3 amide bonds. The van der Waals surface area contributed by atoms with E-state index in [9.17, 15) is 14.4 Å². The second-order valence-electron chi connectivity index (χ2n) is 8.62. The second kappa shape index (κ2) is 8.93. The zero-order valence-corrected chi connectivity index (χ0v) is 16.9. The van der Waals surface area contributed by atoms with E-state index in [0.29, 0.717) is 30.2 Å². The Kier molecular flexibility index (Phi) is 6.11. The van der Waals surface area contributed by atoms with Gasteiger partial charge in [0.05, 0.1) is 5.56 Å². The smallest absolute Gasteiger partial charge is 0.252 e. The van der Waals surface area contributed by atoms with Gasteiger partial charge in [0.15, 0.2) is 0 Å². The first kappa shape index (κ1) is 19.9. The molecule has 2 aliphatic heterocycles. The highest BCUT2D eigenvalue weighted by Gasteiger charge is 2.27. The van der Waals surface area contributed by atoms with Crippen molar-refractivity contribution in [2.24, 2.45) is 5.92 Å². The van der Waals surface area contributed by atoms with Crippen molar-refractivity contribution in [2.75, 3.05) is 19.6 Å². The standard InChI is InChI=1S/C22H30N4O3/c27-20-7-4-18(25-20)5-8-21(28)26-11-9-16(10-12-26)19-6-3-17(14-23-19)22(29)24-13-15-1-2-15/h3,6,14-16,18H,1-2,4-5,7-13H2,(H,24,29)(H,25,27)/t18-/m1/s1. The quantitative estimate of drug-likeness (QED) is 0.735. The maximum atomic E-state index is 12.5. The van der Waals surface area contributed by atoms with E-state index in [0.717, 1.165) is 51.0 Å². The molecule has 7 heteroatoms. The van der Waals surface area contributed by atoms with Crippen molar-refractivity contribution in [1.82, 2.24) is 20.5 Å². The summed E-state index contributed by atoms with van der Waals surface area (Å²) in [5.41, 5.74) is 1.62. The fourth-order valence-electron chi connectivity index (χ4n) is 4.22. The van der Waals surface area contributed by atoms with Crippen molar-refractivity contribution >= 4 is 17.7 Å². The minimum absolute atomic E-state index is 0.0465. The van der Waals surface area contributed by atoms with E-state index < -0.39 is 0 Å². The molecule has 0 aromatic carbocycles. The van der Waals surface area contributed by atoms with Crippen LogP contribution in [0.15, 0.2) is 18.3 Å². The number of nitrogens with one attached hydrogen (secondary N) is 2. The molecule has 3 heterocycles. The normalized spacial score (nSPS) is 22.4. The van der Waals surface area contributed by atoms with Crippen LogP contribution < -0.4 is 10.6 Å². The summed E-state index contributed by atoms with van der Waals surface area (Å²) in [6.45, 7) is 2.25. The number of pyridine rings is 1. The van der Waals surface area contributed by atoms with E-state index in [2.05, 4.69) is 15.6 Å². The predicted octanol–water partition coefficient (Wildman–Crippen LogP) is 1.99. The topological polar surface area (TPSA) is 91.4 Å². The number of amides is 3. The first-order chi connectivity index (χ1) is 14.1. The van der Waals surface area contributed by atoms with Crippen LogP contribution in [-0.2, 0) is 9.59 Å². The Hall–Kier alpha value is -2.44. The number of likely N-dealkylation sites (tertiary alicyclic amines) is 1. The van der Waals surface area contributed by atoms with Crippen LogP contribution in [0.3, 0.4) is 0 Å². The first-order valence-corrected chi connectivity index (χ1v) is 10.9. The van der Waals surface area contributed by atoms with E-state index in [4.69, 9.17) is 0 Å². The van der Waals surface area contributed by atoms with Crippen molar-refractivity contribution < 1.29 is 14.4 Å². The fourth-order valence-corrected chi connectivity index (χ4v) is 4.22. The third kappa shape index (κ3) is 5.34. The van der Waals surface area contributed by atoms with Crippen LogP contribution in [0, 0.1) is 5.92 Å². The molecule has 3 aliphatic rings. The average Bonchev–Trinajstić information content (AvgIpc) is 3.50. The lowest BCUT2D eigenvalue weighted by molar-refractivity contribution is -0.132. The third-order valence-corrected chi connectivity index (χ3v) is 6.35. The highest BCUT2D eigenvalue weighted by Crippen LogP contribution is 2.28. The maximum absolute atomic E-state index is 12.5. The molecule has 156 valence electrons. The van der Waals surface area contributed by atoms with Gasteiger partial charge in [-0.25, -0.2) is 0 Å². The molecule has 0 unspecified atom stereocenters. The summed E-state index contributed by atoms with van der Waals surface area (Å²) in [6, 6.07) is 3.97. The summed E-state index contributed by atoms with van der Waals surface area (Å²) in [6.07, 6.45) is 8.55. The molecule has 3 fully saturated rings. The van der Waals surface area contributed by atoms with Gasteiger partial charge < -0.3 is 15.5 Å². The number of aromatic nitrogens is 1. The van der Waals surface area contributed by atoms with Crippen molar-refractivity contribution in [3.8, 4) is 0 Å². The molecular formula is C22H30N4O3. The van der Waals surface area contributed by atoms with Gasteiger partial charge in [0.1, 0.15) is 0 Å². The van der Waals surface area contributed by atoms with E-state index >= 15 is 0 Å². The third-order valence-electron chi connectivity index (χ3n) is 6.35. The van der Waals surface area contributed by atoms with Gasteiger partial charge in [-0.2, -0.15) is 0 Å². The Morgan fingerprint density at radius 1 is 1.14 bits per heavy atom. The van der Waals surface area contributed by atoms with E-state index in [1.54, 1.807) is 6.20 Å². The van der Waals surface area contributed by atoms with Gasteiger partial charge in [-0.3, -0.25) is 19.4 Å². The molecule has 0 bridgehead atoms. The van der Waals surface area contributed by atoms with Crippen LogP contribution >= 0.6 is 0 Å². The molecule has 1 aliphatic carbocycles. The lowest BCUT2D eigenvalue weighted by atomic mass is 9.92. The molecule has 1 aromatic heterocycles. The molecule has 2 saturated heterocycles. The predicted molar refractivity (Wildman–Crippen MR) is 108 cm³/mol. The largest absolute Gasteiger partial charge is 0.353 e. The van der Waals surface area contributed by atoms with Crippen LogP contribution in [0.2, 0.25) is 0 Å². The van der Waals surface area contributed by atoms with Crippen LogP contribution in [-0.4, -0.2) is 53.3 Å². The van der Waals surface area contributed by atoms with Gasteiger partial charge in [-0.15, -0.1) is 0 Å². The molecular weight excluding hydrogens is 368 g/mol. The van der Waals surface area contributed by atoms with Crippen LogP contribution in [0.25, 0.3) is 0 Å². The van der Waals surface area contributed by atoms with Gasteiger partial charge in [0, 0.05) is 56.3 Å². The van der Waals surface area contributed by atoms with Gasteiger partial charge in [0.2, 0.25) is 11.8 Å². The SMILES string of the molecule is O=C1CC[C@H](CCC(=O)N2CCC(c3ccc(C(=O)NCC4CC4)cn3)CC2)N1. The molecule has 29 heavy (non-hydrogen) atoms. The number of carbonyl (C=O) groups excluding carboxylic acids is 3. The van der Waals surface area contributed by atoms with Crippen molar-refractivity contribution in [2.45, 2.75) is 63.3 Å². The summed E-state index contributed by atoms with van der Waals surface area (Å²) in [7, 11) is 0. The van der Waals surface area contributed by atoms with Crippen LogP contribution in [0.4, 0.5) is 0 Å². The molecule has 0 radical (unpaired) electrons. The Morgan fingerprint density at radius 3 is 2.55 bits per heavy atom. The summed E-state index contributed by atoms with van der Waals surface area (Å²) in [5.74, 6) is 1.23. The van der Waals surface area contributed by atoms with E-state index in [1.165, 1.54) is 12.8 Å². The zero-order valence-electron chi connectivity index (χ0n) is 16.9. The van der Waals surface area contributed by atoms with E-state index in [1.807, 2.05) is 17.0 Å². The summed E-state index contributed by atoms with van der Waals surface area (Å²) < 4.78 is 0. The number of piperidine rings is 1. The number of hydrogen-bond acceptors (Lipinski definition) is 4. The lowest BCUT2D eigenvalue weighted by Gasteiger charge is -2.32. The van der Waals surface area contributed by atoms with Crippen molar-refractivity contribution in [3.63, 3.8) is 0 Å². The van der Waals surface area contributed by atoms with Gasteiger partial charge in [-0.05, 0) is 56.6 Å². The Bertz CT molecular complexity index is 752. The first-order valence-electron chi connectivity index (χ1n) is 10.9. The molecule has 7 nitrogen and oxygen atoms in total. The second-order valence-corrected chi connectivity index (χ2v) is 8.62. The maximum Gasteiger partial charge on any atom is 0.252 e. The van der Waals surface area contributed by atoms with Crippen molar-refractivity contribution in [1.29, 1.82) is 0 Å². The van der Waals surface area contributed by atoms with Gasteiger partial charge in [0.25, 0.3) is 5.91 Å². The van der Waals surface area contributed by atoms with Gasteiger partial charge >= 0.3 is 0 Å². The monoisotopic (exact) mass is 398 g/mol. The molecule has 0 spiro atoms. The highest BCUT2D eigenvalue weighted by molar-refractivity contribution is 5.93. The Labute approximate surface area is 171 Å². The van der Waals surface area contributed by atoms with Crippen LogP contribution in [0.1, 0.15) is 73.3 Å². The molecule has 1 aromatic rings. The Morgan fingerprint density at radius 2 is 1.93 bits per heavy atom. The Balaban J connectivity index is 1.21. The molecule has 1 atom stereocenters. The number of carbonyl (C=O) groups is 3. The summed E-state index contributed by atoms with van der Waals surface area (Å²) in [4.78, 5) is 42.3. The zero-order chi connectivity index (χ0) is 20.2. The minimum atomic E-state index is -0.0465. The lowest BCUT2D eigenvalue weighted by Crippen LogP contribution is -2.38. The molecule has 4 rings (SSSR count). The fraction of sp³-hybridized carbons (Fsp3) is 0.636. The summed E-state index contributed by atoms with van der Waals surface area (Å²) >= 11 is 0. The van der Waals surface area contributed by atoms with E-state index in [-0.39, 0.29) is 23.8 Å². The van der Waals surface area contributed by atoms with Gasteiger partial charge in [-0.1, -0.05) is 0 Å². The van der Waals surface area contributed by atoms with Crippen LogP contribution in [0.5, 0.6) is 0 Å². The number of hydrogen-bond donors (Lipinski definition) is 2. The average molecular weight is 399 g/mol. The number of nitrogens with zero attached hydrogens (tertiary/aromatic N) is 2. The molecule has 1 saturated carbocycles. The highest BCUT2D eigenvalue weighted by atomic mass is 16.2.